The summed E-state index contributed by atoms with van der Waals surface area (Å²) >= 11 is 14.0. The molecule has 3 aromatic carbocycles. The van der Waals surface area contributed by atoms with Crippen LogP contribution in [-0.4, -0.2) is 26.9 Å². The standard InChI is InChI=1S/C23H27ClNPSSi/c1-25(2)21-17-11-12-18-22(21)28(3,4)23(24)26(27,19-13-7-5-8-14-19)20-15-9-6-10-16-20/h5-18,23H,1-4H3. The van der Waals surface area contributed by atoms with E-state index in [1.54, 1.807) is 0 Å². The average Bonchev–Trinajstić information content (AvgIpc) is 2.73. The van der Waals surface area contributed by atoms with Gasteiger partial charge >= 0.3 is 0 Å². The van der Waals surface area contributed by atoms with Gasteiger partial charge in [0.05, 0.1) is 4.74 Å². The van der Waals surface area contributed by atoms with E-state index in [1.807, 2.05) is 12.1 Å². The second-order valence-electron chi connectivity index (χ2n) is 7.80. The van der Waals surface area contributed by atoms with Crippen molar-refractivity contribution >= 4 is 59.0 Å². The number of nitrogens with zero attached hydrogens (tertiary/aromatic N) is 1. The summed E-state index contributed by atoms with van der Waals surface area (Å²) in [6, 6.07) is 27.4. The highest BCUT2D eigenvalue weighted by Crippen LogP contribution is 2.54. The van der Waals surface area contributed by atoms with Gasteiger partial charge < -0.3 is 4.90 Å². The van der Waals surface area contributed by atoms with Crippen molar-refractivity contribution in [2.24, 2.45) is 0 Å². The highest BCUT2D eigenvalue weighted by molar-refractivity contribution is 8.23. The second kappa shape index (κ2) is 8.55. The van der Waals surface area contributed by atoms with E-state index in [9.17, 15) is 0 Å². The Morgan fingerprint density at radius 1 is 0.786 bits per heavy atom. The number of anilines is 1. The fourth-order valence-corrected chi connectivity index (χ4v) is 16.6. The lowest BCUT2D eigenvalue weighted by Gasteiger charge is -2.39. The van der Waals surface area contributed by atoms with Crippen molar-refractivity contribution in [1.82, 2.24) is 0 Å². The minimum Gasteiger partial charge on any atom is -0.378 e. The first-order valence-corrected chi connectivity index (χ1v) is 15.8. The molecule has 0 N–H and O–H groups in total. The number of halogens is 1. The maximum Gasteiger partial charge on any atom is 0.110 e. The minimum absolute atomic E-state index is 0.0964. The smallest absolute Gasteiger partial charge is 0.110 e. The Labute approximate surface area is 180 Å². The topological polar surface area (TPSA) is 3.24 Å². The fraction of sp³-hybridized carbons (Fsp3) is 0.217. The molecule has 0 aliphatic heterocycles. The van der Waals surface area contributed by atoms with Gasteiger partial charge in [-0.25, -0.2) is 0 Å². The summed E-state index contributed by atoms with van der Waals surface area (Å²) in [6.45, 7) is 4.72. The number of hydrogen-bond acceptors (Lipinski definition) is 2. The molecule has 0 saturated heterocycles. The van der Waals surface area contributed by atoms with Gasteiger partial charge in [-0.15, -0.1) is 11.6 Å². The van der Waals surface area contributed by atoms with E-state index in [0.29, 0.717) is 0 Å². The Hall–Kier alpha value is -1.38. The lowest BCUT2D eigenvalue weighted by Crippen LogP contribution is -2.53. The van der Waals surface area contributed by atoms with Crippen molar-refractivity contribution in [3.05, 3.63) is 84.9 Å². The molecule has 28 heavy (non-hydrogen) atoms. The maximum absolute atomic E-state index is 7.45. The Balaban J connectivity index is 2.21. The molecule has 0 spiro atoms. The van der Waals surface area contributed by atoms with Crippen LogP contribution < -0.4 is 20.7 Å². The van der Waals surface area contributed by atoms with E-state index in [1.165, 1.54) is 21.5 Å². The molecule has 146 valence electrons. The van der Waals surface area contributed by atoms with Gasteiger partial charge in [0.25, 0.3) is 0 Å². The van der Waals surface area contributed by atoms with Crippen LogP contribution in [0.4, 0.5) is 5.69 Å². The van der Waals surface area contributed by atoms with Crippen LogP contribution in [0.5, 0.6) is 0 Å². The van der Waals surface area contributed by atoms with Crippen molar-refractivity contribution in [2.45, 2.75) is 17.8 Å². The molecule has 0 fully saturated rings. The first-order valence-electron chi connectivity index (χ1n) is 9.41. The summed E-state index contributed by atoms with van der Waals surface area (Å²) in [4.78, 5) is 2.18. The monoisotopic (exact) mass is 443 g/mol. The summed E-state index contributed by atoms with van der Waals surface area (Å²) in [5, 5.41) is 3.75. The van der Waals surface area contributed by atoms with Crippen molar-refractivity contribution in [3.63, 3.8) is 0 Å². The zero-order valence-corrected chi connectivity index (χ0v) is 20.3. The largest absolute Gasteiger partial charge is 0.378 e. The molecule has 0 heterocycles. The third-order valence-electron chi connectivity index (χ3n) is 5.27. The Kier molecular flexibility index (Phi) is 6.51. The van der Waals surface area contributed by atoms with Crippen molar-refractivity contribution in [1.29, 1.82) is 0 Å². The fourth-order valence-electron chi connectivity index (χ4n) is 3.70. The molecule has 0 saturated carbocycles. The highest BCUT2D eigenvalue weighted by Gasteiger charge is 2.44. The van der Waals surface area contributed by atoms with Crippen molar-refractivity contribution in [2.75, 3.05) is 19.0 Å². The van der Waals surface area contributed by atoms with E-state index < -0.39 is 14.1 Å². The van der Waals surface area contributed by atoms with Gasteiger partial charge in [-0.3, -0.25) is 0 Å². The summed E-state index contributed by atoms with van der Waals surface area (Å²) in [7, 11) is 2.07. The van der Waals surface area contributed by atoms with E-state index in [4.69, 9.17) is 23.4 Å². The summed E-state index contributed by atoms with van der Waals surface area (Å²) in [5.41, 5.74) is 1.24. The predicted octanol–water partition coefficient (Wildman–Crippen LogP) is 4.90. The molecular formula is C23H27ClNPSSi. The second-order valence-corrected chi connectivity index (χ2v) is 18.5. The number of hydrogen-bond donors (Lipinski definition) is 0. The molecule has 1 atom stereocenters. The van der Waals surface area contributed by atoms with Gasteiger partial charge in [-0.2, -0.15) is 0 Å². The average molecular weight is 444 g/mol. The van der Waals surface area contributed by atoms with Crippen LogP contribution in [0.15, 0.2) is 84.9 Å². The predicted molar refractivity (Wildman–Crippen MR) is 134 cm³/mol. The molecule has 0 aliphatic rings. The van der Waals surface area contributed by atoms with Gasteiger partial charge in [0.2, 0.25) is 0 Å². The SMILES string of the molecule is CN(C)c1ccccc1[Si](C)(C)C(Cl)P(=S)(c1ccccc1)c1ccccc1. The number of rotatable bonds is 6. The van der Waals surface area contributed by atoms with Crippen LogP contribution in [0, 0.1) is 0 Å². The molecule has 3 aromatic rings. The van der Waals surface area contributed by atoms with Crippen molar-refractivity contribution in [3.8, 4) is 0 Å². The van der Waals surface area contributed by atoms with E-state index >= 15 is 0 Å². The third kappa shape index (κ3) is 3.86. The molecule has 3 rings (SSSR count). The quantitative estimate of drug-likeness (QED) is 0.303. The van der Waals surface area contributed by atoms with E-state index in [-0.39, 0.29) is 4.74 Å². The zero-order chi connectivity index (χ0) is 20.4. The number of alkyl halides is 1. The van der Waals surface area contributed by atoms with Gasteiger partial charge in [-0.1, -0.05) is 104 Å². The molecule has 5 heteroatoms. The van der Waals surface area contributed by atoms with Crippen LogP contribution in [0.2, 0.25) is 13.1 Å². The minimum atomic E-state index is -2.21. The Morgan fingerprint density at radius 3 is 1.68 bits per heavy atom. The van der Waals surface area contributed by atoms with Crippen LogP contribution in [0.3, 0.4) is 0 Å². The molecule has 1 nitrogen and oxygen atoms in total. The van der Waals surface area contributed by atoms with Crippen LogP contribution >= 0.6 is 17.6 Å². The number of benzene rings is 3. The molecule has 0 aliphatic carbocycles. The Morgan fingerprint density at radius 2 is 1.21 bits per heavy atom. The Bertz CT molecular complexity index is 933. The van der Waals surface area contributed by atoms with Crippen LogP contribution in [-0.2, 0) is 11.8 Å². The molecule has 0 aromatic heterocycles. The summed E-state index contributed by atoms with van der Waals surface area (Å²) in [5.74, 6) is 0. The highest BCUT2D eigenvalue weighted by atomic mass is 35.5. The maximum atomic E-state index is 7.45. The summed E-state index contributed by atoms with van der Waals surface area (Å²) < 4.78 is -0.0964. The first-order chi connectivity index (χ1) is 13.3. The van der Waals surface area contributed by atoms with E-state index in [0.717, 1.165) is 0 Å². The van der Waals surface area contributed by atoms with Gasteiger partial charge in [0.15, 0.2) is 0 Å². The lowest BCUT2D eigenvalue weighted by molar-refractivity contribution is 1.14. The lowest BCUT2D eigenvalue weighted by atomic mass is 10.3. The molecule has 0 radical (unpaired) electrons. The zero-order valence-electron chi connectivity index (χ0n) is 16.8. The van der Waals surface area contributed by atoms with Gasteiger partial charge in [0.1, 0.15) is 8.07 Å². The van der Waals surface area contributed by atoms with Crippen molar-refractivity contribution < 1.29 is 0 Å². The number of para-hydroxylation sites is 1. The molecular weight excluding hydrogens is 417 g/mol. The van der Waals surface area contributed by atoms with Gasteiger partial charge in [0, 0.05) is 25.8 Å². The summed E-state index contributed by atoms with van der Waals surface area (Å²) in [6.07, 6.45) is 0. The van der Waals surface area contributed by atoms with E-state index in [2.05, 4.69) is 105 Å². The molecule has 0 bridgehead atoms. The normalized spacial score (nSPS) is 13.2. The van der Waals surface area contributed by atoms with Gasteiger partial charge in [-0.05, 0) is 21.9 Å². The molecule has 1 unspecified atom stereocenters. The first kappa shape index (κ1) is 21.3. The molecule has 0 amide bonds. The van der Waals surface area contributed by atoms with Crippen LogP contribution in [0.1, 0.15) is 0 Å². The third-order valence-corrected chi connectivity index (χ3v) is 19.5. The van der Waals surface area contributed by atoms with Crippen LogP contribution in [0.25, 0.3) is 0 Å².